The molecular weight excluding hydrogens is 210 g/mol. The van der Waals surface area contributed by atoms with Crippen LogP contribution in [0.1, 0.15) is 52.9 Å². The largest absolute Gasteiger partial charge is 0.373 e. The highest BCUT2D eigenvalue weighted by atomic mass is 16.5. The highest BCUT2D eigenvalue weighted by Gasteiger charge is 2.50. The number of fused-ring (bicyclic) bond motifs is 2. The summed E-state index contributed by atoms with van der Waals surface area (Å²) in [4.78, 5) is 2.59. The molecule has 0 aromatic carbocycles. The standard InChI is InChI=1S/C15H25NO/c1-14(2)12-7-8-15(3,17-14)13(11-12)16-9-5-4-6-10-16/h11-12H,4-10H2,1-3H3/t12-,15-/m1/s1. The molecule has 0 N–H and O–H groups in total. The van der Waals surface area contributed by atoms with E-state index in [2.05, 4.69) is 31.7 Å². The molecule has 0 aromatic heterocycles. The van der Waals surface area contributed by atoms with Crippen molar-refractivity contribution in [3.8, 4) is 0 Å². The van der Waals surface area contributed by atoms with Crippen molar-refractivity contribution in [2.45, 2.75) is 64.1 Å². The number of nitrogens with zero attached hydrogens (tertiary/aromatic N) is 1. The number of rotatable bonds is 1. The smallest absolute Gasteiger partial charge is 0.105 e. The maximum absolute atomic E-state index is 6.42. The Hall–Kier alpha value is -0.500. The molecule has 0 spiro atoms. The fourth-order valence-corrected chi connectivity index (χ4v) is 3.89. The average Bonchev–Trinajstić information content (AvgIpc) is 2.28. The quantitative estimate of drug-likeness (QED) is 0.691. The van der Waals surface area contributed by atoms with Crippen LogP contribution in [0.25, 0.3) is 0 Å². The highest BCUT2D eigenvalue weighted by molar-refractivity contribution is 5.26. The van der Waals surface area contributed by atoms with E-state index < -0.39 is 0 Å². The van der Waals surface area contributed by atoms with Gasteiger partial charge in [-0.25, -0.2) is 0 Å². The summed E-state index contributed by atoms with van der Waals surface area (Å²) in [6.45, 7) is 9.26. The summed E-state index contributed by atoms with van der Waals surface area (Å²) in [7, 11) is 0. The third-order valence-corrected chi connectivity index (χ3v) is 4.91. The van der Waals surface area contributed by atoms with Crippen LogP contribution in [0.5, 0.6) is 0 Å². The van der Waals surface area contributed by atoms with Crippen molar-refractivity contribution in [2.75, 3.05) is 13.1 Å². The van der Waals surface area contributed by atoms with Gasteiger partial charge in [-0.1, -0.05) is 6.08 Å². The lowest BCUT2D eigenvalue weighted by molar-refractivity contribution is -0.188. The maximum Gasteiger partial charge on any atom is 0.105 e. The van der Waals surface area contributed by atoms with E-state index in [1.165, 1.54) is 50.9 Å². The van der Waals surface area contributed by atoms with Crippen LogP contribution < -0.4 is 0 Å². The first-order valence-corrected chi connectivity index (χ1v) is 7.19. The van der Waals surface area contributed by atoms with E-state index in [0.717, 1.165) is 0 Å². The third-order valence-electron chi connectivity index (χ3n) is 4.91. The average molecular weight is 235 g/mol. The molecular formula is C15H25NO. The first-order valence-electron chi connectivity index (χ1n) is 7.19. The number of likely N-dealkylation sites (tertiary alicyclic amines) is 1. The maximum atomic E-state index is 6.42. The Kier molecular flexibility index (Phi) is 2.55. The summed E-state index contributed by atoms with van der Waals surface area (Å²) >= 11 is 0. The van der Waals surface area contributed by atoms with Crippen molar-refractivity contribution >= 4 is 0 Å². The van der Waals surface area contributed by atoms with E-state index in [0.29, 0.717) is 5.92 Å². The Labute approximate surface area is 105 Å². The van der Waals surface area contributed by atoms with E-state index in [9.17, 15) is 0 Å². The molecule has 1 aliphatic carbocycles. The molecule has 0 radical (unpaired) electrons. The summed E-state index contributed by atoms with van der Waals surface area (Å²) in [5, 5.41) is 0. The molecule has 17 heavy (non-hydrogen) atoms. The van der Waals surface area contributed by atoms with Crippen molar-refractivity contribution < 1.29 is 4.74 Å². The Bertz CT molecular complexity index is 341. The second-order valence-corrected chi connectivity index (χ2v) is 6.68. The van der Waals surface area contributed by atoms with Crippen LogP contribution in [0.4, 0.5) is 0 Å². The van der Waals surface area contributed by atoms with Crippen LogP contribution >= 0.6 is 0 Å². The molecule has 96 valence electrons. The molecule has 4 rings (SSSR count). The minimum Gasteiger partial charge on any atom is -0.373 e. The van der Waals surface area contributed by atoms with Crippen LogP contribution in [0.2, 0.25) is 0 Å². The lowest BCUT2D eigenvalue weighted by Crippen LogP contribution is -2.57. The van der Waals surface area contributed by atoms with Crippen molar-refractivity contribution in [3.05, 3.63) is 11.8 Å². The van der Waals surface area contributed by atoms with E-state index in [-0.39, 0.29) is 11.2 Å². The van der Waals surface area contributed by atoms with Crippen LogP contribution in [0.3, 0.4) is 0 Å². The lowest BCUT2D eigenvalue weighted by Gasteiger charge is -2.55. The summed E-state index contributed by atoms with van der Waals surface area (Å²) in [5.41, 5.74) is 1.51. The lowest BCUT2D eigenvalue weighted by atomic mass is 9.71. The van der Waals surface area contributed by atoms with Crippen molar-refractivity contribution in [1.29, 1.82) is 0 Å². The van der Waals surface area contributed by atoms with Crippen molar-refractivity contribution in [1.82, 2.24) is 4.90 Å². The summed E-state index contributed by atoms with van der Waals surface area (Å²) in [6, 6.07) is 0. The first-order chi connectivity index (χ1) is 8.01. The summed E-state index contributed by atoms with van der Waals surface area (Å²) in [6.07, 6.45) is 9.11. The SMILES string of the molecule is CC1(C)O[C@]2(C)CC[C@@H]1C=C2N1CCCCC1. The highest BCUT2D eigenvalue weighted by Crippen LogP contribution is 2.50. The predicted octanol–water partition coefficient (Wildman–Crippen LogP) is 3.33. The minimum absolute atomic E-state index is 0.0183. The van der Waals surface area contributed by atoms with Crippen LogP contribution in [-0.4, -0.2) is 29.2 Å². The van der Waals surface area contributed by atoms with Gasteiger partial charge < -0.3 is 9.64 Å². The van der Waals surface area contributed by atoms with E-state index >= 15 is 0 Å². The number of hydrogen-bond donors (Lipinski definition) is 0. The van der Waals surface area contributed by atoms with Gasteiger partial charge in [-0.3, -0.25) is 0 Å². The fourth-order valence-electron chi connectivity index (χ4n) is 3.89. The molecule has 0 unspecified atom stereocenters. The molecule has 2 nitrogen and oxygen atoms in total. The predicted molar refractivity (Wildman–Crippen MR) is 69.8 cm³/mol. The van der Waals surface area contributed by atoms with Gasteiger partial charge in [0.05, 0.1) is 5.60 Å². The number of piperidine rings is 1. The summed E-state index contributed by atoms with van der Waals surface area (Å²) < 4.78 is 6.42. The van der Waals surface area contributed by atoms with Gasteiger partial charge in [-0.15, -0.1) is 0 Å². The van der Waals surface area contributed by atoms with Gasteiger partial charge in [0.1, 0.15) is 5.60 Å². The van der Waals surface area contributed by atoms with Gasteiger partial charge in [0.15, 0.2) is 0 Å². The Morgan fingerprint density at radius 1 is 1.18 bits per heavy atom. The zero-order valence-electron chi connectivity index (χ0n) is 11.5. The molecule has 2 bridgehead atoms. The zero-order chi connectivity index (χ0) is 12.1. The second kappa shape index (κ2) is 3.74. The van der Waals surface area contributed by atoms with Gasteiger partial charge in [-0.2, -0.15) is 0 Å². The molecule has 0 aromatic rings. The molecule has 3 heterocycles. The molecule has 2 heteroatoms. The van der Waals surface area contributed by atoms with Gasteiger partial charge >= 0.3 is 0 Å². The minimum atomic E-state index is -0.0183. The molecule has 3 aliphatic heterocycles. The van der Waals surface area contributed by atoms with Gasteiger partial charge in [0.25, 0.3) is 0 Å². The normalized spacial score (nSPS) is 40.3. The van der Waals surface area contributed by atoms with Crippen LogP contribution in [0, 0.1) is 5.92 Å². The summed E-state index contributed by atoms with van der Waals surface area (Å²) in [5.74, 6) is 0.612. The van der Waals surface area contributed by atoms with Crippen molar-refractivity contribution in [2.24, 2.45) is 5.92 Å². The van der Waals surface area contributed by atoms with Gasteiger partial charge in [0, 0.05) is 24.7 Å². The molecule has 2 atom stereocenters. The Morgan fingerprint density at radius 2 is 1.88 bits per heavy atom. The molecule has 0 saturated carbocycles. The van der Waals surface area contributed by atoms with Gasteiger partial charge in [-0.05, 0) is 52.9 Å². The Balaban J connectivity index is 1.90. The number of hydrogen-bond acceptors (Lipinski definition) is 2. The zero-order valence-corrected chi connectivity index (χ0v) is 11.5. The second-order valence-electron chi connectivity index (χ2n) is 6.68. The molecule has 2 saturated heterocycles. The monoisotopic (exact) mass is 235 g/mol. The first kappa shape index (κ1) is 11.6. The fraction of sp³-hybridized carbons (Fsp3) is 0.867. The van der Waals surface area contributed by atoms with E-state index in [1.807, 2.05) is 0 Å². The van der Waals surface area contributed by atoms with Crippen LogP contribution in [-0.2, 0) is 4.74 Å². The van der Waals surface area contributed by atoms with Crippen molar-refractivity contribution in [3.63, 3.8) is 0 Å². The molecule has 4 aliphatic rings. The Morgan fingerprint density at radius 3 is 2.47 bits per heavy atom. The topological polar surface area (TPSA) is 12.5 Å². The molecule has 0 amide bonds. The van der Waals surface area contributed by atoms with Crippen LogP contribution in [0.15, 0.2) is 11.8 Å². The van der Waals surface area contributed by atoms with E-state index in [4.69, 9.17) is 4.74 Å². The molecule has 2 fully saturated rings. The third kappa shape index (κ3) is 1.81. The van der Waals surface area contributed by atoms with Gasteiger partial charge in [0.2, 0.25) is 0 Å². The number of ether oxygens (including phenoxy) is 1. The van der Waals surface area contributed by atoms with E-state index in [1.54, 1.807) is 0 Å².